The van der Waals surface area contributed by atoms with Gasteiger partial charge in [0.25, 0.3) is 10.0 Å². The SMILES string of the molecule is O=S(=O)(c1ccc(N=Cc2c(O)[nH]c3ccc4ncsc4c23)cc1)n1cnnc1. The molecule has 0 amide bonds. The molecule has 0 unspecified atom stereocenters. The molecule has 3 heterocycles. The van der Waals surface area contributed by atoms with Crippen molar-refractivity contribution in [3.63, 3.8) is 0 Å². The summed E-state index contributed by atoms with van der Waals surface area (Å²) >= 11 is 1.49. The summed E-state index contributed by atoms with van der Waals surface area (Å²) in [5, 5.41) is 18.2. The molecule has 0 fully saturated rings. The Morgan fingerprint density at radius 1 is 1.10 bits per heavy atom. The summed E-state index contributed by atoms with van der Waals surface area (Å²) in [7, 11) is -3.73. The third kappa shape index (κ3) is 2.87. The quantitative estimate of drug-likeness (QED) is 0.427. The molecule has 29 heavy (non-hydrogen) atoms. The molecule has 144 valence electrons. The number of rotatable bonds is 4. The molecule has 0 bridgehead atoms. The topological polar surface area (TPSA) is 126 Å². The van der Waals surface area contributed by atoms with Crippen molar-refractivity contribution in [2.75, 3.05) is 0 Å². The van der Waals surface area contributed by atoms with Gasteiger partial charge in [-0.3, -0.25) is 4.99 Å². The van der Waals surface area contributed by atoms with Gasteiger partial charge in [0, 0.05) is 11.6 Å². The third-order valence-corrected chi connectivity index (χ3v) is 6.90. The van der Waals surface area contributed by atoms with Crippen LogP contribution in [0.1, 0.15) is 5.56 Å². The molecule has 0 radical (unpaired) electrons. The van der Waals surface area contributed by atoms with Crippen LogP contribution in [0, 0.1) is 0 Å². The van der Waals surface area contributed by atoms with E-state index >= 15 is 0 Å². The number of benzene rings is 2. The van der Waals surface area contributed by atoms with Gasteiger partial charge >= 0.3 is 0 Å². The third-order valence-electron chi connectivity index (χ3n) is 4.43. The van der Waals surface area contributed by atoms with Crippen molar-refractivity contribution in [3.8, 4) is 5.88 Å². The summed E-state index contributed by atoms with van der Waals surface area (Å²) in [6, 6.07) is 9.83. The number of nitrogens with zero attached hydrogens (tertiary/aromatic N) is 5. The lowest BCUT2D eigenvalue weighted by Crippen LogP contribution is -2.10. The summed E-state index contributed by atoms with van der Waals surface area (Å²) in [4.78, 5) is 11.7. The molecule has 0 aliphatic rings. The second-order valence-corrected chi connectivity index (χ2v) is 8.82. The van der Waals surface area contributed by atoms with E-state index in [1.165, 1.54) is 23.5 Å². The summed E-state index contributed by atoms with van der Waals surface area (Å²) in [6.07, 6.45) is 3.80. The zero-order valence-corrected chi connectivity index (χ0v) is 16.2. The van der Waals surface area contributed by atoms with Gasteiger partial charge in [-0.15, -0.1) is 21.5 Å². The Bertz CT molecular complexity index is 1470. The minimum Gasteiger partial charge on any atom is -0.494 e. The monoisotopic (exact) mass is 424 g/mol. The predicted molar refractivity (Wildman–Crippen MR) is 109 cm³/mol. The first kappa shape index (κ1) is 17.5. The van der Waals surface area contributed by atoms with Gasteiger partial charge in [0.1, 0.15) is 12.7 Å². The van der Waals surface area contributed by atoms with Crippen LogP contribution in [-0.2, 0) is 10.0 Å². The molecule has 0 atom stereocenters. The molecule has 2 N–H and O–H groups in total. The Balaban J connectivity index is 1.51. The van der Waals surface area contributed by atoms with E-state index in [0.29, 0.717) is 11.3 Å². The smallest absolute Gasteiger partial charge is 0.270 e. The Labute approximate surface area is 168 Å². The normalized spacial score (nSPS) is 12.4. The predicted octanol–water partition coefficient (Wildman–Crippen LogP) is 3.06. The van der Waals surface area contributed by atoms with Crippen molar-refractivity contribution in [3.05, 3.63) is 60.1 Å². The van der Waals surface area contributed by atoms with Crippen molar-refractivity contribution in [1.82, 2.24) is 24.1 Å². The van der Waals surface area contributed by atoms with Crippen molar-refractivity contribution in [1.29, 1.82) is 0 Å². The van der Waals surface area contributed by atoms with Crippen molar-refractivity contribution >= 4 is 54.4 Å². The number of aliphatic imine (C=N–C) groups is 1. The van der Waals surface area contributed by atoms with E-state index < -0.39 is 10.0 Å². The molecule has 3 aromatic heterocycles. The Kier molecular flexibility index (Phi) is 3.93. The molecule has 0 spiro atoms. The van der Waals surface area contributed by atoms with E-state index in [2.05, 4.69) is 25.2 Å². The highest BCUT2D eigenvalue weighted by atomic mass is 32.2. The highest BCUT2D eigenvalue weighted by Gasteiger charge is 2.17. The van der Waals surface area contributed by atoms with Gasteiger partial charge in [-0.25, -0.2) is 17.4 Å². The molecule has 2 aromatic carbocycles. The van der Waals surface area contributed by atoms with Crippen LogP contribution < -0.4 is 0 Å². The molecule has 5 aromatic rings. The van der Waals surface area contributed by atoms with Gasteiger partial charge in [-0.2, -0.15) is 0 Å². The lowest BCUT2D eigenvalue weighted by Gasteiger charge is -2.04. The zero-order chi connectivity index (χ0) is 20.0. The fourth-order valence-electron chi connectivity index (χ4n) is 3.02. The number of hydrogen-bond donors (Lipinski definition) is 2. The number of fused-ring (bicyclic) bond motifs is 3. The Morgan fingerprint density at radius 2 is 1.86 bits per heavy atom. The molecule has 9 nitrogen and oxygen atoms in total. The molecule has 0 saturated heterocycles. The molecule has 0 saturated carbocycles. The van der Waals surface area contributed by atoms with Gasteiger partial charge in [0.2, 0.25) is 0 Å². The lowest BCUT2D eigenvalue weighted by atomic mass is 10.1. The van der Waals surface area contributed by atoms with E-state index in [1.807, 2.05) is 12.1 Å². The minimum atomic E-state index is -3.73. The van der Waals surface area contributed by atoms with E-state index in [-0.39, 0.29) is 10.8 Å². The van der Waals surface area contributed by atoms with E-state index in [1.54, 1.807) is 23.9 Å². The molecular weight excluding hydrogens is 412 g/mol. The fraction of sp³-hybridized carbons (Fsp3) is 0. The van der Waals surface area contributed by atoms with Crippen molar-refractivity contribution in [2.45, 2.75) is 4.90 Å². The Hall–Kier alpha value is -3.57. The first-order valence-electron chi connectivity index (χ1n) is 8.35. The maximum atomic E-state index is 12.4. The highest BCUT2D eigenvalue weighted by Crippen LogP contribution is 2.34. The van der Waals surface area contributed by atoms with E-state index in [4.69, 9.17) is 0 Å². The number of aromatic nitrogens is 5. The van der Waals surface area contributed by atoms with Crippen LogP contribution in [0.4, 0.5) is 5.69 Å². The molecule has 5 rings (SSSR count). The largest absolute Gasteiger partial charge is 0.494 e. The molecule has 0 aliphatic heterocycles. The van der Waals surface area contributed by atoms with Crippen LogP contribution in [0.25, 0.3) is 21.1 Å². The molecular formula is C18H12N6O3S2. The van der Waals surface area contributed by atoms with Crippen LogP contribution in [0.2, 0.25) is 0 Å². The van der Waals surface area contributed by atoms with Gasteiger partial charge in [-0.1, -0.05) is 0 Å². The van der Waals surface area contributed by atoms with Gasteiger partial charge in [-0.05, 0) is 36.4 Å². The number of thiazole rings is 1. The average molecular weight is 424 g/mol. The molecule has 0 aliphatic carbocycles. The van der Waals surface area contributed by atoms with Crippen LogP contribution in [0.3, 0.4) is 0 Å². The fourth-order valence-corrected chi connectivity index (χ4v) is 4.93. The van der Waals surface area contributed by atoms with Crippen LogP contribution in [-0.4, -0.2) is 43.9 Å². The van der Waals surface area contributed by atoms with E-state index in [0.717, 1.165) is 37.7 Å². The van der Waals surface area contributed by atoms with Crippen molar-refractivity contribution < 1.29 is 13.5 Å². The summed E-state index contributed by atoms with van der Waals surface area (Å²) < 4.78 is 26.8. The summed E-state index contributed by atoms with van der Waals surface area (Å²) in [5.74, 6) is 0.0106. The second kappa shape index (κ2) is 6.50. The van der Waals surface area contributed by atoms with Crippen molar-refractivity contribution in [2.24, 2.45) is 4.99 Å². The zero-order valence-electron chi connectivity index (χ0n) is 14.6. The van der Waals surface area contributed by atoms with E-state index in [9.17, 15) is 13.5 Å². The van der Waals surface area contributed by atoms with Crippen LogP contribution >= 0.6 is 11.3 Å². The summed E-state index contributed by atoms with van der Waals surface area (Å²) in [6.45, 7) is 0. The summed E-state index contributed by atoms with van der Waals surface area (Å²) in [5.41, 5.74) is 4.48. The average Bonchev–Trinajstić information content (AvgIpc) is 3.46. The number of H-pyrrole nitrogens is 1. The van der Waals surface area contributed by atoms with Gasteiger partial charge < -0.3 is 10.1 Å². The minimum absolute atomic E-state index is 0.0106. The maximum absolute atomic E-state index is 12.4. The number of aromatic amines is 1. The first-order valence-corrected chi connectivity index (χ1v) is 10.7. The van der Waals surface area contributed by atoms with Crippen LogP contribution in [0.15, 0.2) is 64.5 Å². The maximum Gasteiger partial charge on any atom is 0.270 e. The molecule has 11 heteroatoms. The van der Waals surface area contributed by atoms with Crippen LogP contribution in [0.5, 0.6) is 5.88 Å². The highest BCUT2D eigenvalue weighted by molar-refractivity contribution is 7.90. The number of aromatic hydroxyl groups is 1. The lowest BCUT2D eigenvalue weighted by molar-refractivity contribution is 0.457. The Morgan fingerprint density at radius 3 is 2.62 bits per heavy atom. The number of hydrogen-bond acceptors (Lipinski definition) is 8. The number of nitrogens with one attached hydrogen (secondary N) is 1. The van der Waals surface area contributed by atoms with Gasteiger partial charge in [0.05, 0.1) is 37.4 Å². The first-order chi connectivity index (χ1) is 14.0. The van der Waals surface area contributed by atoms with Gasteiger partial charge in [0.15, 0.2) is 5.88 Å². The second-order valence-electron chi connectivity index (χ2n) is 6.12. The standard InChI is InChI=1S/C18H12N6O3S2/c25-18-13(16-14(23-18)5-6-15-17(16)28-10-20-15)7-19-11-1-3-12(4-2-11)29(26,27)24-8-21-22-9-24/h1-10,23,25H.